The molecule has 0 atom stereocenters. The molecular formula is C18H28N2O. The standard InChI is InChI=1S/C18H28N2O/c1-5-11-19-15-16-9-10-17(18(14-16)21-8-4)20(12-6-2)13-7-3/h6-7,9-10,14,19H,2-3,5,8,11-13,15H2,1,4H3. The molecule has 1 rings (SSSR count). The summed E-state index contributed by atoms with van der Waals surface area (Å²) in [5.41, 5.74) is 2.34. The Hall–Kier alpha value is -1.74. The van der Waals surface area contributed by atoms with Gasteiger partial charge in [-0.3, -0.25) is 0 Å². The molecule has 1 N–H and O–H groups in total. The molecule has 3 heteroatoms. The molecule has 0 aromatic heterocycles. The van der Waals surface area contributed by atoms with E-state index in [1.54, 1.807) is 0 Å². The van der Waals surface area contributed by atoms with Crippen molar-refractivity contribution in [3.8, 4) is 5.75 Å². The van der Waals surface area contributed by atoms with E-state index in [9.17, 15) is 0 Å². The summed E-state index contributed by atoms with van der Waals surface area (Å²) in [4.78, 5) is 2.20. The third kappa shape index (κ3) is 5.64. The molecule has 0 bridgehead atoms. The van der Waals surface area contributed by atoms with Crippen LogP contribution in [0.25, 0.3) is 0 Å². The van der Waals surface area contributed by atoms with Crippen molar-refractivity contribution in [2.45, 2.75) is 26.8 Å². The zero-order valence-electron chi connectivity index (χ0n) is 13.4. The van der Waals surface area contributed by atoms with Crippen LogP contribution in [-0.2, 0) is 6.54 Å². The second-order valence-corrected chi connectivity index (χ2v) is 4.89. The van der Waals surface area contributed by atoms with Gasteiger partial charge in [-0.05, 0) is 37.6 Å². The van der Waals surface area contributed by atoms with Crippen molar-refractivity contribution in [1.82, 2.24) is 5.32 Å². The van der Waals surface area contributed by atoms with Crippen LogP contribution in [0.4, 0.5) is 5.69 Å². The molecule has 0 spiro atoms. The molecule has 0 aliphatic rings. The van der Waals surface area contributed by atoms with Crippen LogP contribution in [0.5, 0.6) is 5.75 Å². The van der Waals surface area contributed by atoms with Gasteiger partial charge in [0.25, 0.3) is 0 Å². The Morgan fingerprint density at radius 1 is 1.19 bits per heavy atom. The quantitative estimate of drug-likeness (QED) is 0.495. The number of benzene rings is 1. The fourth-order valence-corrected chi connectivity index (χ4v) is 2.19. The number of nitrogens with one attached hydrogen (secondary N) is 1. The van der Waals surface area contributed by atoms with Gasteiger partial charge in [0.2, 0.25) is 0 Å². The third-order valence-electron chi connectivity index (χ3n) is 3.12. The molecule has 0 fully saturated rings. The maximum absolute atomic E-state index is 5.82. The van der Waals surface area contributed by atoms with Crippen LogP contribution in [0, 0.1) is 0 Å². The minimum absolute atomic E-state index is 0.662. The molecule has 0 saturated carbocycles. The van der Waals surface area contributed by atoms with Gasteiger partial charge >= 0.3 is 0 Å². The van der Waals surface area contributed by atoms with Crippen molar-refractivity contribution in [1.29, 1.82) is 0 Å². The molecule has 0 radical (unpaired) electrons. The zero-order chi connectivity index (χ0) is 15.5. The fourth-order valence-electron chi connectivity index (χ4n) is 2.19. The normalized spacial score (nSPS) is 10.2. The lowest BCUT2D eigenvalue weighted by Crippen LogP contribution is -2.24. The lowest BCUT2D eigenvalue weighted by molar-refractivity contribution is 0.340. The number of anilines is 1. The summed E-state index contributed by atoms with van der Waals surface area (Å²) in [5.74, 6) is 0.928. The van der Waals surface area contributed by atoms with E-state index in [4.69, 9.17) is 4.74 Å². The van der Waals surface area contributed by atoms with Crippen LogP contribution in [0.15, 0.2) is 43.5 Å². The van der Waals surface area contributed by atoms with Crippen molar-refractivity contribution in [3.05, 3.63) is 49.1 Å². The zero-order valence-corrected chi connectivity index (χ0v) is 13.4. The van der Waals surface area contributed by atoms with E-state index in [1.165, 1.54) is 5.56 Å². The highest BCUT2D eigenvalue weighted by atomic mass is 16.5. The molecule has 1 aromatic rings. The van der Waals surface area contributed by atoms with E-state index in [0.717, 1.165) is 44.0 Å². The number of nitrogens with zero attached hydrogens (tertiary/aromatic N) is 1. The summed E-state index contributed by atoms with van der Waals surface area (Å²) in [6.07, 6.45) is 4.94. The second-order valence-electron chi connectivity index (χ2n) is 4.89. The van der Waals surface area contributed by atoms with Gasteiger partial charge in [-0.25, -0.2) is 0 Å². The van der Waals surface area contributed by atoms with Crippen LogP contribution >= 0.6 is 0 Å². The fraction of sp³-hybridized carbons (Fsp3) is 0.444. The SMILES string of the molecule is C=CCN(CC=C)c1ccc(CNCCC)cc1OCC. The second kappa shape index (κ2) is 10.1. The maximum atomic E-state index is 5.82. The van der Waals surface area contributed by atoms with Gasteiger partial charge in [0.1, 0.15) is 5.75 Å². The van der Waals surface area contributed by atoms with Crippen LogP contribution in [0.1, 0.15) is 25.8 Å². The summed E-state index contributed by atoms with van der Waals surface area (Å²) in [6.45, 7) is 16.0. The predicted molar refractivity (Wildman–Crippen MR) is 92.2 cm³/mol. The minimum atomic E-state index is 0.662. The molecule has 0 aliphatic carbocycles. The Kier molecular flexibility index (Phi) is 8.29. The number of hydrogen-bond acceptors (Lipinski definition) is 3. The lowest BCUT2D eigenvalue weighted by atomic mass is 10.1. The largest absolute Gasteiger partial charge is 0.492 e. The van der Waals surface area contributed by atoms with E-state index in [0.29, 0.717) is 6.61 Å². The van der Waals surface area contributed by atoms with E-state index in [1.807, 2.05) is 19.1 Å². The van der Waals surface area contributed by atoms with Gasteiger partial charge in [-0.1, -0.05) is 25.1 Å². The highest BCUT2D eigenvalue weighted by molar-refractivity contribution is 5.60. The Balaban J connectivity index is 2.95. The Morgan fingerprint density at radius 2 is 1.90 bits per heavy atom. The smallest absolute Gasteiger partial charge is 0.142 e. The van der Waals surface area contributed by atoms with Crippen molar-refractivity contribution in [2.24, 2.45) is 0 Å². The Morgan fingerprint density at radius 3 is 2.48 bits per heavy atom. The van der Waals surface area contributed by atoms with Crippen LogP contribution in [0.2, 0.25) is 0 Å². The summed E-state index contributed by atoms with van der Waals surface area (Å²) in [5, 5.41) is 3.42. The number of rotatable bonds is 11. The van der Waals surface area contributed by atoms with Gasteiger partial charge in [-0.2, -0.15) is 0 Å². The summed E-state index contributed by atoms with van der Waals surface area (Å²) in [7, 11) is 0. The predicted octanol–water partition coefficient (Wildman–Crippen LogP) is 3.76. The first kappa shape index (κ1) is 17.3. The van der Waals surface area contributed by atoms with Crippen molar-refractivity contribution < 1.29 is 4.74 Å². The number of hydrogen-bond donors (Lipinski definition) is 1. The molecular weight excluding hydrogens is 260 g/mol. The molecule has 116 valence electrons. The van der Waals surface area contributed by atoms with E-state index in [-0.39, 0.29) is 0 Å². The van der Waals surface area contributed by atoms with Crippen molar-refractivity contribution >= 4 is 5.69 Å². The number of ether oxygens (including phenoxy) is 1. The van der Waals surface area contributed by atoms with Crippen LogP contribution in [-0.4, -0.2) is 26.2 Å². The first-order chi connectivity index (χ1) is 10.3. The topological polar surface area (TPSA) is 24.5 Å². The lowest BCUT2D eigenvalue weighted by Gasteiger charge is -2.24. The van der Waals surface area contributed by atoms with Gasteiger partial charge in [0.15, 0.2) is 0 Å². The van der Waals surface area contributed by atoms with E-state index in [2.05, 4.69) is 48.5 Å². The highest BCUT2D eigenvalue weighted by Gasteiger charge is 2.11. The molecule has 0 aliphatic heterocycles. The third-order valence-corrected chi connectivity index (χ3v) is 3.12. The molecule has 0 heterocycles. The van der Waals surface area contributed by atoms with Crippen LogP contribution < -0.4 is 15.0 Å². The first-order valence-corrected chi connectivity index (χ1v) is 7.69. The van der Waals surface area contributed by atoms with Gasteiger partial charge in [0, 0.05) is 19.6 Å². The van der Waals surface area contributed by atoms with E-state index < -0.39 is 0 Å². The van der Waals surface area contributed by atoms with Crippen LogP contribution in [0.3, 0.4) is 0 Å². The Bertz CT molecular complexity index is 433. The monoisotopic (exact) mass is 288 g/mol. The minimum Gasteiger partial charge on any atom is -0.492 e. The van der Waals surface area contributed by atoms with Crippen molar-refractivity contribution in [3.63, 3.8) is 0 Å². The van der Waals surface area contributed by atoms with Gasteiger partial charge in [0.05, 0.1) is 12.3 Å². The maximum Gasteiger partial charge on any atom is 0.142 e. The first-order valence-electron chi connectivity index (χ1n) is 7.69. The summed E-state index contributed by atoms with van der Waals surface area (Å²) < 4.78 is 5.82. The average molecular weight is 288 g/mol. The van der Waals surface area contributed by atoms with Gasteiger partial charge in [-0.15, -0.1) is 13.2 Å². The highest BCUT2D eigenvalue weighted by Crippen LogP contribution is 2.29. The van der Waals surface area contributed by atoms with Crippen molar-refractivity contribution in [2.75, 3.05) is 31.1 Å². The Labute approximate surface area is 129 Å². The summed E-state index contributed by atoms with van der Waals surface area (Å²) >= 11 is 0. The molecule has 1 aromatic carbocycles. The average Bonchev–Trinajstić information content (AvgIpc) is 2.48. The van der Waals surface area contributed by atoms with Gasteiger partial charge < -0.3 is 15.0 Å². The molecule has 0 unspecified atom stereocenters. The molecule has 0 amide bonds. The molecule has 21 heavy (non-hydrogen) atoms. The molecule has 0 saturated heterocycles. The summed E-state index contributed by atoms with van der Waals surface area (Å²) in [6, 6.07) is 6.40. The molecule has 3 nitrogen and oxygen atoms in total. The van der Waals surface area contributed by atoms with E-state index >= 15 is 0 Å².